The number of H-pyrrole nitrogens is 1. The highest BCUT2D eigenvalue weighted by Gasteiger charge is 2.18. The lowest BCUT2D eigenvalue weighted by atomic mass is 10.0. The van der Waals surface area contributed by atoms with Crippen molar-refractivity contribution in [3.8, 4) is 40.0 Å². The third-order valence-corrected chi connectivity index (χ3v) is 7.79. The molecule has 4 aromatic heterocycles. The van der Waals surface area contributed by atoms with Gasteiger partial charge >= 0.3 is 5.76 Å². The van der Waals surface area contributed by atoms with Crippen molar-refractivity contribution in [2.75, 3.05) is 18.6 Å². The van der Waals surface area contributed by atoms with Crippen molar-refractivity contribution in [3.63, 3.8) is 0 Å². The van der Waals surface area contributed by atoms with Crippen LogP contribution >= 0.6 is 0 Å². The molecule has 13 nitrogen and oxygen atoms in total. The summed E-state index contributed by atoms with van der Waals surface area (Å²) < 4.78 is 34.5. The summed E-state index contributed by atoms with van der Waals surface area (Å²) in [7, 11) is -3.17. The predicted molar refractivity (Wildman–Crippen MR) is 163 cm³/mol. The van der Waals surface area contributed by atoms with Crippen LogP contribution in [0.3, 0.4) is 0 Å². The van der Waals surface area contributed by atoms with E-state index in [0.717, 1.165) is 30.2 Å². The fraction of sp³-hybridized carbons (Fsp3) is 0.300. The number of pyridine rings is 1. The molecule has 0 fully saturated rings. The number of benzene rings is 1. The molecule has 4 heterocycles. The minimum absolute atomic E-state index is 0.0276. The zero-order valence-corrected chi connectivity index (χ0v) is 25.3. The lowest BCUT2D eigenvalue weighted by Crippen LogP contribution is -2.28. The van der Waals surface area contributed by atoms with Crippen LogP contribution in [0.4, 0.5) is 0 Å². The van der Waals surface area contributed by atoms with Crippen LogP contribution in [0, 0.1) is 6.92 Å². The van der Waals surface area contributed by atoms with Gasteiger partial charge in [-0.15, -0.1) is 0 Å². The molecule has 5 aromatic rings. The van der Waals surface area contributed by atoms with Gasteiger partial charge in [0.1, 0.15) is 6.61 Å². The molecule has 0 aliphatic rings. The van der Waals surface area contributed by atoms with Crippen molar-refractivity contribution < 1.29 is 17.7 Å². The van der Waals surface area contributed by atoms with E-state index in [9.17, 15) is 18.0 Å². The minimum atomic E-state index is -3.17. The summed E-state index contributed by atoms with van der Waals surface area (Å²) in [5, 5.41) is 3.80. The summed E-state index contributed by atoms with van der Waals surface area (Å²) in [6.45, 7) is 3.98. The Morgan fingerprint density at radius 2 is 1.75 bits per heavy atom. The molecule has 0 radical (unpaired) electrons. The van der Waals surface area contributed by atoms with Gasteiger partial charge in [-0.05, 0) is 31.4 Å². The van der Waals surface area contributed by atoms with E-state index in [-0.39, 0.29) is 30.3 Å². The van der Waals surface area contributed by atoms with Crippen LogP contribution in [0.2, 0.25) is 0 Å². The average Bonchev–Trinajstić information content (AvgIpc) is 3.45. The summed E-state index contributed by atoms with van der Waals surface area (Å²) in [5.41, 5.74) is 3.82. The monoisotopic (exact) mass is 617 g/mol. The summed E-state index contributed by atoms with van der Waals surface area (Å²) in [6, 6.07) is 11.0. The maximum atomic E-state index is 13.7. The van der Waals surface area contributed by atoms with Crippen LogP contribution < -0.4 is 16.1 Å². The molecule has 0 aliphatic heterocycles. The van der Waals surface area contributed by atoms with Crippen LogP contribution in [-0.4, -0.2) is 61.7 Å². The van der Waals surface area contributed by atoms with E-state index in [1.165, 1.54) is 17.0 Å². The number of aromatic amines is 1. The third kappa shape index (κ3) is 7.14. The van der Waals surface area contributed by atoms with Gasteiger partial charge in [0.15, 0.2) is 33.1 Å². The van der Waals surface area contributed by atoms with Crippen LogP contribution in [0.25, 0.3) is 34.3 Å². The smallest absolute Gasteiger partial charge is 0.439 e. The standard InChI is InChI=1S/C30H31N7O6S/c1-4-5-10-24-19(2)29(38)37(28(34-24)27-32-16-21(17-33-27)42-13-14-44(3,40)41)18-20-11-12-25(31-15-20)22-8-6-7-9-23(22)26-35-30(39)43-36-26/h6-9,11-12,15-17H,4-5,10,13-14,18H2,1-3H3,(H,35,36,39). The Labute approximate surface area is 252 Å². The molecule has 0 atom stereocenters. The molecule has 44 heavy (non-hydrogen) atoms. The molecule has 228 valence electrons. The van der Waals surface area contributed by atoms with Gasteiger partial charge in [0.2, 0.25) is 0 Å². The Balaban J connectivity index is 1.46. The Bertz CT molecular complexity index is 1980. The molecule has 1 N–H and O–H groups in total. The molecule has 0 saturated heterocycles. The van der Waals surface area contributed by atoms with E-state index in [0.29, 0.717) is 46.3 Å². The fourth-order valence-corrected chi connectivity index (χ4v) is 4.92. The summed E-state index contributed by atoms with van der Waals surface area (Å²) in [6.07, 6.45) is 8.14. The molecule has 14 heteroatoms. The molecule has 0 bridgehead atoms. The molecular formula is C30H31N7O6S. The van der Waals surface area contributed by atoms with E-state index in [1.54, 1.807) is 19.2 Å². The molecule has 0 saturated carbocycles. The Hall–Kier alpha value is -4.98. The zero-order chi connectivity index (χ0) is 31.3. The first-order chi connectivity index (χ1) is 21.1. The molecule has 0 aliphatic carbocycles. The van der Waals surface area contributed by atoms with Crippen molar-refractivity contribution in [3.05, 3.63) is 92.7 Å². The van der Waals surface area contributed by atoms with Crippen molar-refractivity contribution in [2.45, 2.75) is 39.7 Å². The van der Waals surface area contributed by atoms with Crippen molar-refractivity contribution in [1.82, 2.24) is 34.6 Å². The number of hydrogen-bond acceptors (Lipinski definition) is 11. The van der Waals surface area contributed by atoms with Gasteiger partial charge in [-0.3, -0.25) is 23.9 Å². The van der Waals surface area contributed by atoms with Crippen molar-refractivity contribution in [2.24, 2.45) is 0 Å². The Kier molecular flexibility index (Phi) is 9.09. The molecule has 0 unspecified atom stereocenters. The second-order valence-corrected chi connectivity index (χ2v) is 12.5. The minimum Gasteiger partial charge on any atom is -0.489 e. The normalized spacial score (nSPS) is 11.5. The number of rotatable bonds is 12. The lowest BCUT2D eigenvalue weighted by Gasteiger charge is -2.15. The van der Waals surface area contributed by atoms with Gasteiger partial charge in [0.05, 0.1) is 36.1 Å². The third-order valence-electron chi connectivity index (χ3n) is 6.88. The molecule has 1 aromatic carbocycles. The molecule has 0 amide bonds. The number of nitrogens with zero attached hydrogens (tertiary/aromatic N) is 6. The Morgan fingerprint density at radius 3 is 2.39 bits per heavy atom. The van der Waals surface area contributed by atoms with Gasteiger partial charge in [-0.25, -0.2) is 28.2 Å². The van der Waals surface area contributed by atoms with Gasteiger partial charge in [-0.2, -0.15) is 0 Å². The summed E-state index contributed by atoms with van der Waals surface area (Å²) in [4.78, 5) is 46.0. The van der Waals surface area contributed by atoms with Gasteiger partial charge in [0.25, 0.3) is 5.56 Å². The SMILES string of the molecule is CCCCc1nc(-c2ncc(OCCS(C)(=O)=O)cn2)n(Cc2ccc(-c3ccccc3-c3noc(=O)[nH]3)nc2)c(=O)c1C. The van der Waals surface area contributed by atoms with Gasteiger partial charge in [0, 0.05) is 29.1 Å². The largest absolute Gasteiger partial charge is 0.489 e. The molecule has 5 rings (SSSR count). The number of nitrogens with one attached hydrogen (secondary N) is 1. The molecular weight excluding hydrogens is 586 g/mol. The van der Waals surface area contributed by atoms with Crippen molar-refractivity contribution in [1.29, 1.82) is 0 Å². The first-order valence-electron chi connectivity index (χ1n) is 14.0. The van der Waals surface area contributed by atoms with Crippen LogP contribution in [-0.2, 0) is 22.8 Å². The number of hydrogen-bond donors (Lipinski definition) is 1. The molecule has 0 spiro atoms. The van der Waals surface area contributed by atoms with E-state index in [4.69, 9.17) is 9.72 Å². The maximum absolute atomic E-state index is 13.7. The number of aromatic nitrogens is 7. The second kappa shape index (κ2) is 13.1. The first kappa shape index (κ1) is 30.5. The van der Waals surface area contributed by atoms with Gasteiger partial charge in [-0.1, -0.05) is 48.8 Å². The Morgan fingerprint density at radius 1 is 1.00 bits per heavy atom. The van der Waals surface area contributed by atoms with Gasteiger partial charge < -0.3 is 4.74 Å². The number of ether oxygens (including phenoxy) is 1. The summed E-state index contributed by atoms with van der Waals surface area (Å²) >= 11 is 0. The lowest BCUT2D eigenvalue weighted by molar-refractivity contribution is 0.338. The maximum Gasteiger partial charge on any atom is 0.439 e. The van der Waals surface area contributed by atoms with E-state index >= 15 is 0 Å². The van der Waals surface area contributed by atoms with Crippen LogP contribution in [0.5, 0.6) is 5.75 Å². The van der Waals surface area contributed by atoms with Crippen molar-refractivity contribution >= 4 is 9.84 Å². The fourth-order valence-electron chi connectivity index (χ4n) is 4.54. The topological polar surface area (TPSA) is 176 Å². The highest BCUT2D eigenvalue weighted by atomic mass is 32.2. The van der Waals surface area contributed by atoms with E-state index in [1.807, 2.05) is 30.3 Å². The first-order valence-corrected chi connectivity index (χ1v) is 16.0. The number of sulfone groups is 1. The van der Waals surface area contributed by atoms with Crippen LogP contribution in [0.15, 0.2) is 69.1 Å². The highest BCUT2D eigenvalue weighted by molar-refractivity contribution is 7.90. The highest BCUT2D eigenvalue weighted by Crippen LogP contribution is 2.28. The van der Waals surface area contributed by atoms with Crippen LogP contribution in [0.1, 0.15) is 36.6 Å². The average molecular weight is 618 g/mol. The number of aryl methyl sites for hydroxylation is 1. The quantitative estimate of drug-likeness (QED) is 0.217. The predicted octanol–water partition coefficient (Wildman–Crippen LogP) is 3.23. The summed E-state index contributed by atoms with van der Waals surface area (Å²) in [5.74, 6) is 0.354. The van der Waals surface area contributed by atoms with E-state index < -0.39 is 15.6 Å². The zero-order valence-electron chi connectivity index (χ0n) is 24.5. The number of unbranched alkanes of at least 4 members (excludes halogenated alkanes) is 1. The van der Waals surface area contributed by atoms with E-state index in [2.05, 4.69) is 36.5 Å². The second-order valence-electron chi connectivity index (χ2n) is 10.3.